The molecule has 0 saturated heterocycles. The van der Waals surface area contributed by atoms with Crippen LogP contribution in [0.15, 0.2) is 48.5 Å². The van der Waals surface area contributed by atoms with Gasteiger partial charge in [-0.25, -0.2) is 4.79 Å². The van der Waals surface area contributed by atoms with Gasteiger partial charge in [0.2, 0.25) is 11.7 Å². The van der Waals surface area contributed by atoms with Crippen LogP contribution in [0.1, 0.15) is 15.9 Å². The maximum absolute atomic E-state index is 11.8. The van der Waals surface area contributed by atoms with Crippen LogP contribution in [0.5, 0.6) is 11.5 Å². The highest BCUT2D eigenvalue weighted by Gasteiger charge is 2.19. The Morgan fingerprint density at radius 1 is 1.16 bits per heavy atom. The number of carbonyl (C=O) groups excluding carboxylic acids is 2. The first-order valence-corrected chi connectivity index (χ1v) is 7.03. The molecule has 0 aliphatic heterocycles. The maximum Gasteiger partial charge on any atom is 0.341 e. The van der Waals surface area contributed by atoms with E-state index < -0.39 is 16.8 Å². The lowest BCUT2D eigenvalue weighted by atomic mass is 10.1. The van der Waals surface area contributed by atoms with Gasteiger partial charge in [-0.3, -0.25) is 14.9 Å². The van der Waals surface area contributed by atoms with E-state index >= 15 is 0 Å². The number of benzene rings is 2. The van der Waals surface area contributed by atoms with E-state index in [0.717, 1.165) is 6.08 Å². The van der Waals surface area contributed by atoms with E-state index in [1.807, 2.05) is 0 Å². The van der Waals surface area contributed by atoms with Crippen molar-refractivity contribution >= 4 is 23.6 Å². The topological polar surface area (TPSA) is 122 Å². The number of nitrogens with zero attached hydrogens (tertiary/aromatic N) is 1. The van der Waals surface area contributed by atoms with E-state index in [1.165, 1.54) is 43.5 Å². The highest BCUT2D eigenvalue weighted by molar-refractivity contribution is 5.92. The fraction of sp³-hybridized carbons (Fsp3) is 0.0588. The van der Waals surface area contributed by atoms with Crippen molar-refractivity contribution < 1.29 is 24.0 Å². The summed E-state index contributed by atoms with van der Waals surface area (Å²) in [6, 6.07) is 10.3. The number of ether oxygens (including phenoxy) is 2. The van der Waals surface area contributed by atoms with Gasteiger partial charge in [0.15, 0.2) is 0 Å². The van der Waals surface area contributed by atoms with Crippen LogP contribution in [0.2, 0.25) is 0 Å². The Balaban J connectivity index is 2.42. The highest BCUT2D eigenvalue weighted by atomic mass is 16.6. The van der Waals surface area contributed by atoms with E-state index in [1.54, 1.807) is 12.1 Å². The average Bonchev–Trinajstić information content (AvgIpc) is 2.60. The van der Waals surface area contributed by atoms with Crippen molar-refractivity contribution in [1.29, 1.82) is 0 Å². The van der Waals surface area contributed by atoms with Gasteiger partial charge in [-0.2, -0.15) is 0 Å². The van der Waals surface area contributed by atoms with Crippen LogP contribution in [0.4, 0.5) is 5.69 Å². The standard InChI is InChI=1S/C17H14N2O6/c1-24-17(21)12-4-2-3-5-14(12)25-15-8-6-11(7-9-16(18)20)10-13(15)19(22)23/h2-10H,1H3,(H2,18,20)/b9-7-. The minimum Gasteiger partial charge on any atom is -0.465 e. The summed E-state index contributed by atoms with van der Waals surface area (Å²) in [5, 5.41) is 11.3. The maximum atomic E-state index is 11.8. The minimum atomic E-state index is -0.671. The molecule has 0 heterocycles. The molecule has 8 heteroatoms. The Labute approximate surface area is 142 Å². The number of hydrogen-bond donors (Lipinski definition) is 1. The molecule has 2 aromatic carbocycles. The fourth-order valence-corrected chi connectivity index (χ4v) is 2.00. The van der Waals surface area contributed by atoms with Crippen LogP contribution >= 0.6 is 0 Å². The Hall–Kier alpha value is -3.68. The molecule has 0 aromatic heterocycles. The van der Waals surface area contributed by atoms with Crippen molar-refractivity contribution in [3.05, 3.63) is 69.8 Å². The lowest BCUT2D eigenvalue weighted by molar-refractivity contribution is -0.385. The van der Waals surface area contributed by atoms with Crippen molar-refractivity contribution in [3.63, 3.8) is 0 Å². The molecular weight excluding hydrogens is 328 g/mol. The van der Waals surface area contributed by atoms with Crippen LogP contribution < -0.4 is 10.5 Å². The first-order chi connectivity index (χ1) is 11.9. The van der Waals surface area contributed by atoms with E-state index in [-0.39, 0.29) is 22.7 Å². The van der Waals surface area contributed by atoms with Gasteiger partial charge < -0.3 is 15.2 Å². The number of nitro groups is 1. The molecule has 1 amide bonds. The first kappa shape index (κ1) is 17.7. The summed E-state index contributed by atoms with van der Waals surface area (Å²) in [7, 11) is 1.22. The molecule has 0 aliphatic rings. The summed E-state index contributed by atoms with van der Waals surface area (Å²) in [4.78, 5) is 33.2. The second-order valence-corrected chi connectivity index (χ2v) is 4.81. The summed E-state index contributed by atoms with van der Waals surface area (Å²) in [6.45, 7) is 0. The third-order valence-corrected chi connectivity index (χ3v) is 3.13. The van der Waals surface area contributed by atoms with Crippen molar-refractivity contribution in [3.8, 4) is 11.5 Å². The molecule has 128 valence electrons. The highest BCUT2D eigenvalue weighted by Crippen LogP contribution is 2.34. The van der Waals surface area contributed by atoms with Crippen LogP contribution in [-0.2, 0) is 9.53 Å². The molecule has 0 radical (unpaired) electrons. The number of para-hydroxylation sites is 1. The SMILES string of the molecule is COC(=O)c1ccccc1Oc1ccc(/C=C\C(N)=O)cc1[N+](=O)[O-]. The number of nitro benzene ring substituents is 1. The Kier molecular flexibility index (Phi) is 5.47. The van der Waals surface area contributed by atoms with Gasteiger partial charge in [-0.05, 0) is 29.8 Å². The fourth-order valence-electron chi connectivity index (χ4n) is 2.00. The van der Waals surface area contributed by atoms with Gasteiger partial charge in [-0.1, -0.05) is 18.2 Å². The summed E-state index contributed by atoms with van der Waals surface area (Å²) in [5.74, 6) is -1.23. The first-order valence-electron chi connectivity index (χ1n) is 7.03. The van der Waals surface area contributed by atoms with Gasteiger partial charge >= 0.3 is 11.7 Å². The molecule has 0 spiro atoms. The van der Waals surface area contributed by atoms with E-state index in [4.69, 9.17) is 10.5 Å². The molecule has 0 saturated carbocycles. The van der Waals surface area contributed by atoms with Gasteiger partial charge in [0.25, 0.3) is 0 Å². The number of esters is 1. The number of primary amides is 1. The number of carbonyl (C=O) groups is 2. The molecule has 0 atom stereocenters. The molecule has 2 aromatic rings. The zero-order valence-corrected chi connectivity index (χ0v) is 13.2. The molecule has 8 nitrogen and oxygen atoms in total. The second kappa shape index (κ2) is 7.73. The smallest absolute Gasteiger partial charge is 0.341 e. The predicted octanol–water partition coefficient (Wildman–Crippen LogP) is 2.67. The number of nitrogens with two attached hydrogens (primary N) is 1. The number of methoxy groups -OCH3 is 1. The van der Waals surface area contributed by atoms with Crippen molar-refractivity contribution in [2.24, 2.45) is 5.73 Å². The van der Waals surface area contributed by atoms with Crippen LogP contribution in [0.3, 0.4) is 0 Å². The molecule has 0 bridgehead atoms. The Bertz CT molecular complexity index is 860. The molecule has 25 heavy (non-hydrogen) atoms. The van der Waals surface area contributed by atoms with Crippen LogP contribution in [-0.4, -0.2) is 23.9 Å². The van der Waals surface area contributed by atoms with Gasteiger partial charge in [0.05, 0.1) is 12.0 Å². The minimum absolute atomic E-state index is 0.0578. The number of hydrogen-bond acceptors (Lipinski definition) is 6. The normalized spacial score (nSPS) is 10.4. The third kappa shape index (κ3) is 4.41. The number of amides is 1. The Morgan fingerprint density at radius 2 is 1.88 bits per heavy atom. The monoisotopic (exact) mass is 342 g/mol. The number of rotatable bonds is 6. The summed E-state index contributed by atoms with van der Waals surface area (Å²) in [5.41, 5.74) is 5.21. The third-order valence-electron chi connectivity index (χ3n) is 3.13. The Morgan fingerprint density at radius 3 is 2.52 bits per heavy atom. The predicted molar refractivity (Wildman–Crippen MR) is 89.2 cm³/mol. The van der Waals surface area contributed by atoms with E-state index in [2.05, 4.69) is 4.74 Å². The molecule has 0 unspecified atom stereocenters. The van der Waals surface area contributed by atoms with Crippen molar-refractivity contribution in [1.82, 2.24) is 0 Å². The van der Waals surface area contributed by atoms with Gasteiger partial charge in [0.1, 0.15) is 11.3 Å². The largest absolute Gasteiger partial charge is 0.465 e. The quantitative estimate of drug-likeness (QED) is 0.373. The zero-order valence-electron chi connectivity index (χ0n) is 13.2. The molecule has 0 fully saturated rings. The van der Waals surface area contributed by atoms with E-state index in [9.17, 15) is 19.7 Å². The van der Waals surface area contributed by atoms with Crippen LogP contribution in [0, 0.1) is 10.1 Å². The summed E-state index contributed by atoms with van der Waals surface area (Å²) in [6.07, 6.45) is 2.44. The lowest BCUT2D eigenvalue weighted by Crippen LogP contribution is -2.05. The van der Waals surface area contributed by atoms with Gasteiger partial charge in [0, 0.05) is 12.1 Å². The molecule has 2 rings (SSSR count). The molecule has 2 N–H and O–H groups in total. The summed E-state index contributed by atoms with van der Waals surface area (Å²) < 4.78 is 10.2. The molecular formula is C17H14N2O6. The van der Waals surface area contributed by atoms with Crippen LogP contribution in [0.25, 0.3) is 6.08 Å². The van der Waals surface area contributed by atoms with Crippen molar-refractivity contribution in [2.45, 2.75) is 0 Å². The second-order valence-electron chi connectivity index (χ2n) is 4.81. The molecule has 0 aliphatic carbocycles. The van der Waals surface area contributed by atoms with Gasteiger partial charge in [-0.15, -0.1) is 0 Å². The lowest BCUT2D eigenvalue weighted by Gasteiger charge is -2.10. The zero-order chi connectivity index (χ0) is 18.4. The van der Waals surface area contributed by atoms with E-state index in [0.29, 0.717) is 5.56 Å². The average molecular weight is 342 g/mol. The summed E-state index contributed by atoms with van der Waals surface area (Å²) >= 11 is 0. The van der Waals surface area contributed by atoms with Crippen molar-refractivity contribution in [2.75, 3.05) is 7.11 Å².